The van der Waals surface area contributed by atoms with Gasteiger partial charge in [0.05, 0.1) is 6.61 Å². The van der Waals surface area contributed by atoms with Crippen molar-refractivity contribution >= 4 is 0 Å². The Kier molecular flexibility index (Phi) is 5.16. The van der Waals surface area contributed by atoms with Crippen molar-refractivity contribution in [2.75, 3.05) is 6.61 Å². The van der Waals surface area contributed by atoms with Gasteiger partial charge in [-0.2, -0.15) is 0 Å². The third-order valence-electron chi connectivity index (χ3n) is 3.37. The first-order valence-corrected chi connectivity index (χ1v) is 7.44. The van der Waals surface area contributed by atoms with Gasteiger partial charge in [0, 0.05) is 23.0 Å². The second-order valence-corrected chi connectivity index (χ2v) is 5.06. The van der Waals surface area contributed by atoms with Crippen molar-refractivity contribution in [3.05, 3.63) is 47.8 Å². The summed E-state index contributed by atoms with van der Waals surface area (Å²) in [5.74, 6) is 0.947. The second-order valence-electron chi connectivity index (χ2n) is 5.06. The van der Waals surface area contributed by atoms with Crippen LogP contribution in [0.25, 0.3) is 11.1 Å². The molecule has 0 saturated carbocycles. The van der Waals surface area contributed by atoms with Crippen LogP contribution in [0.15, 0.2) is 36.5 Å². The lowest BCUT2D eigenvalue weighted by atomic mass is 10.0. The van der Waals surface area contributed by atoms with E-state index in [1.807, 2.05) is 24.4 Å². The number of nitrogens with zero attached hydrogens (tertiary/aromatic N) is 1. The number of para-hydroxylation sites is 1. The van der Waals surface area contributed by atoms with Gasteiger partial charge in [-0.15, -0.1) is 0 Å². The number of benzene rings is 1. The van der Waals surface area contributed by atoms with Crippen LogP contribution in [0.2, 0.25) is 0 Å². The molecular formula is C18H23NO. The van der Waals surface area contributed by atoms with E-state index >= 15 is 0 Å². The molecule has 0 N–H and O–H groups in total. The molecule has 2 aromatic rings. The van der Waals surface area contributed by atoms with E-state index in [1.54, 1.807) is 0 Å². The summed E-state index contributed by atoms with van der Waals surface area (Å²) in [5.41, 5.74) is 4.73. The van der Waals surface area contributed by atoms with Gasteiger partial charge < -0.3 is 4.74 Å². The molecule has 1 aromatic heterocycles. The number of aryl methyl sites for hydroxylation is 2. The fraction of sp³-hybridized carbons (Fsp3) is 0.389. The van der Waals surface area contributed by atoms with Gasteiger partial charge in [0.25, 0.3) is 0 Å². The van der Waals surface area contributed by atoms with Gasteiger partial charge >= 0.3 is 0 Å². The third kappa shape index (κ3) is 3.38. The molecule has 0 fully saturated rings. The predicted molar refractivity (Wildman–Crippen MR) is 84.2 cm³/mol. The largest absolute Gasteiger partial charge is 0.493 e. The van der Waals surface area contributed by atoms with Gasteiger partial charge in [-0.05, 0) is 37.5 Å². The zero-order valence-corrected chi connectivity index (χ0v) is 12.6. The fourth-order valence-electron chi connectivity index (χ4n) is 2.29. The molecule has 0 aliphatic rings. The average Bonchev–Trinajstić information content (AvgIpc) is 2.48. The van der Waals surface area contributed by atoms with E-state index in [9.17, 15) is 0 Å². The maximum atomic E-state index is 5.84. The molecule has 106 valence electrons. The van der Waals surface area contributed by atoms with Crippen LogP contribution >= 0.6 is 0 Å². The molecule has 0 amide bonds. The lowest BCUT2D eigenvalue weighted by Gasteiger charge is -2.12. The van der Waals surface area contributed by atoms with E-state index in [4.69, 9.17) is 4.74 Å². The quantitative estimate of drug-likeness (QED) is 0.751. The van der Waals surface area contributed by atoms with Crippen LogP contribution in [0.1, 0.15) is 37.9 Å². The second kappa shape index (κ2) is 7.09. The van der Waals surface area contributed by atoms with Crippen LogP contribution in [0.5, 0.6) is 5.75 Å². The van der Waals surface area contributed by atoms with Gasteiger partial charge in [-0.3, -0.25) is 4.98 Å². The maximum Gasteiger partial charge on any atom is 0.127 e. The van der Waals surface area contributed by atoms with Crippen molar-refractivity contribution in [2.24, 2.45) is 0 Å². The number of rotatable bonds is 6. The van der Waals surface area contributed by atoms with Crippen LogP contribution in [-0.2, 0) is 6.42 Å². The van der Waals surface area contributed by atoms with Gasteiger partial charge in [-0.1, -0.05) is 38.5 Å². The first-order valence-electron chi connectivity index (χ1n) is 7.44. The molecule has 20 heavy (non-hydrogen) atoms. The number of ether oxygens (including phenoxy) is 1. The molecule has 0 aliphatic heterocycles. The first-order chi connectivity index (χ1) is 9.76. The average molecular weight is 269 g/mol. The van der Waals surface area contributed by atoms with Crippen molar-refractivity contribution in [3.63, 3.8) is 0 Å². The SMILES string of the molecule is CCCOc1ccccc1-c1cnc(C)c(CCC)c1. The summed E-state index contributed by atoms with van der Waals surface area (Å²) in [6.07, 6.45) is 5.18. The minimum absolute atomic E-state index is 0.748. The van der Waals surface area contributed by atoms with Gasteiger partial charge in [0.15, 0.2) is 0 Å². The normalized spacial score (nSPS) is 10.6. The molecule has 0 unspecified atom stereocenters. The standard InChI is InChI=1S/C18H23NO/c1-4-8-15-12-16(13-19-14(15)3)17-9-6-7-10-18(17)20-11-5-2/h6-7,9-10,12-13H,4-5,8,11H2,1-3H3. The Labute approximate surface area is 121 Å². The minimum Gasteiger partial charge on any atom is -0.493 e. The Hall–Kier alpha value is -1.83. The molecule has 0 saturated heterocycles. The number of hydrogen-bond acceptors (Lipinski definition) is 2. The van der Waals surface area contributed by atoms with Crippen LogP contribution in [0.4, 0.5) is 0 Å². The van der Waals surface area contributed by atoms with Crippen LogP contribution in [0, 0.1) is 6.92 Å². The van der Waals surface area contributed by atoms with Crippen molar-refractivity contribution in [1.82, 2.24) is 4.98 Å². The van der Waals surface area contributed by atoms with E-state index in [-0.39, 0.29) is 0 Å². The van der Waals surface area contributed by atoms with Gasteiger partial charge in [0.2, 0.25) is 0 Å². The topological polar surface area (TPSA) is 22.1 Å². The lowest BCUT2D eigenvalue weighted by molar-refractivity contribution is 0.318. The summed E-state index contributed by atoms with van der Waals surface area (Å²) in [6.45, 7) is 7.15. The molecule has 2 nitrogen and oxygen atoms in total. The summed E-state index contributed by atoms with van der Waals surface area (Å²) in [4.78, 5) is 4.54. The van der Waals surface area contributed by atoms with E-state index in [0.717, 1.165) is 48.4 Å². The van der Waals surface area contributed by atoms with E-state index < -0.39 is 0 Å². The van der Waals surface area contributed by atoms with E-state index in [2.05, 4.69) is 37.9 Å². The van der Waals surface area contributed by atoms with Crippen molar-refractivity contribution in [1.29, 1.82) is 0 Å². The number of aromatic nitrogens is 1. The third-order valence-corrected chi connectivity index (χ3v) is 3.37. The lowest BCUT2D eigenvalue weighted by Crippen LogP contribution is -1.98. The van der Waals surface area contributed by atoms with Gasteiger partial charge in [0.1, 0.15) is 5.75 Å². The molecular weight excluding hydrogens is 246 g/mol. The predicted octanol–water partition coefficient (Wildman–Crippen LogP) is 4.80. The highest BCUT2D eigenvalue weighted by Crippen LogP contribution is 2.30. The zero-order valence-electron chi connectivity index (χ0n) is 12.6. The molecule has 0 bridgehead atoms. The summed E-state index contributed by atoms with van der Waals surface area (Å²) in [5, 5.41) is 0. The number of hydrogen-bond donors (Lipinski definition) is 0. The minimum atomic E-state index is 0.748. The van der Waals surface area contributed by atoms with Crippen molar-refractivity contribution in [2.45, 2.75) is 40.0 Å². The molecule has 1 heterocycles. The van der Waals surface area contributed by atoms with Crippen LogP contribution in [0.3, 0.4) is 0 Å². The molecule has 2 heteroatoms. The van der Waals surface area contributed by atoms with Gasteiger partial charge in [-0.25, -0.2) is 0 Å². The monoisotopic (exact) mass is 269 g/mol. The highest BCUT2D eigenvalue weighted by atomic mass is 16.5. The smallest absolute Gasteiger partial charge is 0.127 e. The maximum absolute atomic E-state index is 5.84. The Balaban J connectivity index is 2.38. The highest BCUT2D eigenvalue weighted by Gasteiger charge is 2.08. The summed E-state index contributed by atoms with van der Waals surface area (Å²) in [6, 6.07) is 10.5. The summed E-state index contributed by atoms with van der Waals surface area (Å²) >= 11 is 0. The Bertz CT molecular complexity index is 563. The van der Waals surface area contributed by atoms with E-state index in [0.29, 0.717) is 0 Å². The van der Waals surface area contributed by atoms with Crippen LogP contribution < -0.4 is 4.74 Å². The molecule has 2 rings (SSSR count). The first kappa shape index (κ1) is 14.6. The molecule has 0 spiro atoms. The molecule has 0 radical (unpaired) electrons. The summed E-state index contributed by atoms with van der Waals surface area (Å²) in [7, 11) is 0. The Morgan fingerprint density at radius 2 is 1.90 bits per heavy atom. The Morgan fingerprint density at radius 1 is 1.10 bits per heavy atom. The van der Waals surface area contributed by atoms with Crippen molar-refractivity contribution < 1.29 is 4.74 Å². The highest BCUT2D eigenvalue weighted by molar-refractivity contribution is 5.70. The Morgan fingerprint density at radius 3 is 2.65 bits per heavy atom. The molecule has 0 atom stereocenters. The fourth-order valence-corrected chi connectivity index (χ4v) is 2.29. The zero-order chi connectivity index (χ0) is 14.4. The molecule has 1 aromatic carbocycles. The summed E-state index contributed by atoms with van der Waals surface area (Å²) < 4.78 is 5.84. The molecule has 0 aliphatic carbocycles. The van der Waals surface area contributed by atoms with Crippen molar-refractivity contribution in [3.8, 4) is 16.9 Å². The van der Waals surface area contributed by atoms with Crippen LogP contribution in [-0.4, -0.2) is 11.6 Å². The number of pyridine rings is 1. The van der Waals surface area contributed by atoms with E-state index in [1.165, 1.54) is 5.56 Å².